The molecule has 0 aromatic heterocycles. The molecule has 8 atom stereocenters. The van der Waals surface area contributed by atoms with Crippen molar-refractivity contribution in [3.05, 3.63) is 12.2 Å². The van der Waals surface area contributed by atoms with E-state index in [1.54, 1.807) is 0 Å². The Bertz CT molecular complexity index is 1060. The number of carbonyl (C=O) groups is 2. The maximum absolute atomic E-state index is 12.8. The van der Waals surface area contributed by atoms with Gasteiger partial charge in [-0.2, -0.15) is 0 Å². The van der Waals surface area contributed by atoms with Crippen LogP contribution in [0.2, 0.25) is 0 Å². The summed E-state index contributed by atoms with van der Waals surface area (Å²) in [6.07, 6.45) is 21.2. The molecule has 6 N–H and O–H groups in total. The molecule has 0 spiro atoms. The highest BCUT2D eigenvalue weighted by molar-refractivity contribution is 7.47. The topological polar surface area (TPSA) is 210 Å². The van der Waals surface area contributed by atoms with Crippen molar-refractivity contribution >= 4 is 19.8 Å². The van der Waals surface area contributed by atoms with Crippen molar-refractivity contribution in [1.29, 1.82) is 0 Å². The number of aliphatic hydroxyl groups is 5. The summed E-state index contributed by atoms with van der Waals surface area (Å²) in [5.41, 5.74) is 0. The fourth-order valence-corrected chi connectivity index (χ4v) is 7.90. The van der Waals surface area contributed by atoms with Crippen molar-refractivity contribution in [3.63, 3.8) is 0 Å². The zero-order valence-electron chi connectivity index (χ0n) is 35.4. The van der Waals surface area contributed by atoms with E-state index in [1.165, 1.54) is 96.3 Å². The number of hydrogen-bond donors (Lipinski definition) is 6. The number of hydrogen-bond acceptors (Lipinski definition) is 12. The van der Waals surface area contributed by atoms with Gasteiger partial charge in [-0.15, -0.1) is 0 Å². The van der Waals surface area contributed by atoms with Gasteiger partial charge in [-0.05, 0) is 38.5 Å². The third-order valence-electron chi connectivity index (χ3n) is 10.6. The lowest BCUT2D eigenvalue weighted by atomic mass is 9.85. The molecule has 14 heteroatoms. The van der Waals surface area contributed by atoms with Crippen LogP contribution in [0.4, 0.5) is 0 Å². The second kappa shape index (κ2) is 34.3. The van der Waals surface area contributed by atoms with Gasteiger partial charge in [0.25, 0.3) is 0 Å². The molecule has 0 amide bonds. The van der Waals surface area contributed by atoms with Crippen molar-refractivity contribution in [3.8, 4) is 0 Å². The van der Waals surface area contributed by atoms with E-state index in [2.05, 4.69) is 26.0 Å². The lowest BCUT2D eigenvalue weighted by Gasteiger charge is -2.41. The average molecular weight is 837 g/mol. The van der Waals surface area contributed by atoms with Crippen molar-refractivity contribution < 1.29 is 63.1 Å². The van der Waals surface area contributed by atoms with E-state index >= 15 is 0 Å². The summed E-state index contributed by atoms with van der Waals surface area (Å²) in [7, 11) is -5.11. The maximum atomic E-state index is 12.8. The van der Waals surface area contributed by atoms with Gasteiger partial charge in [-0.3, -0.25) is 18.6 Å². The lowest BCUT2D eigenvalue weighted by molar-refractivity contribution is -0.220. The van der Waals surface area contributed by atoms with Crippen LogP contribution in [0.5, 0.6) is 0 Å². The molecule has 6 unspecified atom stereocenters. The van der Waals surface area contributed by atoms with Crippen LogP contribution in [-0.4, -0.2) is 98.3 Å². The Morgan fingerprint density at radius 1 is 0.526 bits per heavy atom. The van der Waals surface area contributed by atoms with Crippen molar-refractivity contribution in [2.24, 2.45) is 0 Å². The summed E-state index contributed by atoms with van der Waals surface area (Å²) in [5, 5.41) is 50.1. The highest BCUT2D eigenvalue weighted by Gasteiger charge is 2.51. The third-order valence-corrected chi connectivity index (χ3v) is 11.6. The summed E-state index contributed by atoms with van der Waals surface area (Å²) >= 11 is 0. The molecule has 0 saturated heterocycles. The number of allylic oxidation sites excluding steroid dienone is 2. The van der Waals surface area contributed by atoms with Crippen LogP contribution in [0, 0.1) is 0 Å². The van der Waals surface area contributed by atoms with E-state index < -0.39 is 75.7 Å². The first-order chi connectivity index (χ1) is 27.4. The summed E-state index contributed by atoms with van der Waals surface area (Å²) in [6.45, 7) is 3.28. The normalized spacial score (nSPS) is 22.7. The molecular weight excluding hydrogens is 755 g/mol. The smallest absolute Gasteiger partial charge is 0.462 e. The summed E-state index contributed by atoms with van der Waals surface area (Å²) in [6, 6.07) is 0. The molecule has 0 aromatic carbocycles. The summed E-state index contributed by atoms with van der Waals surface area (Å²) < 4.78 is 33.5. The Morgan fingerprint density at radius 2 is 0.895 bits per heavy atom. The standard InChI is InChI=1S/C43H81O13P/c1-3-5-7-9-11-13-15-17-18-20-22-24-26-28-30-32-37(45)55-35(34-54-57(51,52)56-43-41(49)39(47)38(46)40(48)42(43)50)33-53-36(44)31-29-27-25-23-21-19-16-14-12-10-8-6-4-2/h13,15,35,38-43,46-50H,3-12,14,16-34H2,1-2H3,(H,51,52)/b15-13-/t35-,38?,39-,40?,41?,42?,43?/m1/s1. The van der Waals surface area contributed by atoms with Crippen LogP contribution in [0.1, 0.15) is 194 Å². The van der Waals surface area contributed by atoms with Crippen molar-refractivity contribution in [1.82, 2.24) is 0 Å². The molecule has 1 aliphatic carbocycles. The van der Waals surface area contributed by atoms with Crippen LogP contribution in [0.25, 0.3) is 0 Å². The summed E-state index contributed by atoms with van der Waals surface area (Å²) in [4.78, 5) is 35.6. The Hall–Kier alpha value is -1.41. The van der Waals surface area contributed by atoms with Gasteiger partial charge in [0.15, 0.2) is 6.10 Å². The highest BCUT2D eigenvalue weighted by Crippen LogP contribution is 2.47. The highest BCUT2D eigenvalue weighted by atomic mass is 31.2. The molecule has 0 radical (unpaired) electrons. The predicted octanol–water partition coefficient (Wildman–Crippen LogP) is 8.28. The molecule has 0 aliphatic heterocycles. The molecule has 13 nitrogen and oxygen atoms in total. The van der Waals surface area contributed by atoms with E-state index in [0.717, 1.165) is 57.8 Å². The van der Waals surface area contributed by atoms with Crippen LogP contribution < -0.4 is 0 Å². The van der Waals surface area contributed by atoms with Gasteiger partial charge in [0.05, 0.1) is 6.61 Å². The quantitative estimate of drug-likeness (QED) is 0.0151. The molecule has 1 fully saturated rings. The van der Waals surface area contributed by atoms with Gasteiger partial charge in [0.2, 0.25) is 0 Å². The second-order valence-electron chi connectivity index (χ2n) is 15.9. The minimum absolute atomic E-state index is 0.0955. The second-order valence-corrected chi connectivity index (χ2v) is 17.3. The number of rotatable bonds is 37. The van der Waals surface area contributed by atoms with E-state index in [9.17, 15) is 44.6 Å². The number of carbonyl (C=O) groups excluding carboxylic acids is 2. The minimum atomic E-state index is -5.11. The van der Waals surface area contributed by atoms with Crippen LogP contribution in [-0.2, 0) is 32.7 Å². The zero-order valence-corrected chi connectivity index (χ0v) is 36.3. The number of ether oxygens (including phenoxy) is 2. The molecule has 57 heavy (non-hydrogen) atoms. The molecule has 1 saturated carbocycles. The van der Waals surface area contributed by atoms with Crippen LogP contribution in [0.3, 0.4) is 0 Å². The molecule has 0 bridgehead atoms. The number of aliphatic hydroxyl groups excluding tert-OH is 5. The molecule has 1 rings (SSSR count). The lowest BCUT2D eigenvalue weighted by Crippen LogP contribution is -2.64. The average Bonchev–Trinajstić information content (AvgIpc) is 3.19. The molecule has 1 aliphatic rings. The van der Waals surface area contributed by atoms with Gasteiger partial charge in [-0.25, -0.2) is 4.57 Å². The third kappa shape index (κ3) is 27.1. The zero-order chi connectivity index (χ0) is 42.2. The Kier molecular flexibility index (Phi) is 32.3. The van der Waals surface area contributed by atoms with Gasteiger partial charge < -0.3 is 39.9 Å². The molecule has 0 heterocycles. The Morgan fingerprint density at radius 3 is 1.35 bits per heavy atom. The maximum Gasteiger partial charge on any atom is 0.472 e. The van der Waals surface area contributed by atoms with Gasteiger partial charge in [0.1, 0.15) is 43.2 Å². The van der Waals surface area contributed by atoms with E-state index in [4.69, 9.17) is 18.5 Å². The molecular formula is C43H81O13P. The Labute approximate surface area is 343 Å². The van der Waals surface area contributed by atoms with Gasteiger partial charge in [0, 0.05) is 12.8 Å². The first-order valence-corrected chi connectivity index (χ1v) is 24.0. The van der Waals surface area contributed by atoms with E-state index in [0.29, 0.717) is 12.8 Å². The minimum Gasteiger partial charge on any atom is -0.462 e. The van der Waals surface area contributed by atoms with Crippen LogP contribution in [0.15, 0.2) is 12.2 Å². The Balaban J connectivity index is 2.47. The largest absolute Gasteiger partial charge is 0.472 e. The number of unbranched alkanes of at least 4 members (excludes halogenated alkanes) is 23. The first kappa shape index (κ1) is 53.6. The number of phosphoric ester groups is 1. The van der Waals surface area contributed by atoms with Gasteiger partial charge in [-0.1, -0.05) is 154 Å². The van der Waals surface area contributed by atoms with E-state index in [1.807, 2.05) is 0 Å². The predicted molar refractivity (Wildman–Crippen MR) is 221 cm³/mol. The van der Waals surface area contributed by atoms with Crippen LogP contribution >= 0.6 is 7.82 Å². The number of esters is 2. The fourth-order valence-electron chi connectivity index (χ4n) is 6.93. The molecule has 0 aromatic rings. The fraction of sp³-hybridized carbons (Fsp3) is 0.907. The SMILES string of the molecule is CCCCCC/C=C\CCCCCCCCCC(=O)O[C@H](COC(=O)CCCCCCCCCCCCCCC)COP(=O)(O)OC1C(O)C(O)C(O)[C@@H](O)C1O. The number of phosphoric acid groups is 1. The molecule has 336 valence electrons. The summed E-state index contributed by atoms with van der Waals surface area (Å²) in [5.74, 6) is -1.10. The van der Waals surface area contributed by atoms with Gasteiger partial charge >= 0.3 is 19.8 Å². The first-order valence-electron chi connectivity index (χ1n) is 22.5. The van der Waals surface area contributed by atoms with E-state index in [-0.39, 0.29) is 12.8 Å². The van der Waals surface area contributed by atoms with Crippen molar-refractivity contribution in [2.45, 2.75) is 236 Å². The van der Waals surface area contributed by atoms with Crippen molar-refractivity contribution in [2.75, 3.05) is 13.2 Å². The monoisotopic (exact) mass is 837 g/mol.